The van der Waals surface area contributed by atoms with Gasteiger partial charge < -0.3 is 33.6 Å². The zero-order chi connectivity index (χ0) is 34.0. The van der Waals surface area contributed by atoms with E-state index in [0.717, 1.165) is 67.7 Å². The van der Waals surface area contributed by atoms with Gasteiger partial charge in [-0.1, -0.05) is 72.8 Å². The summed E-state index contributed by atoms with van der Waals surface area (Å²) < 4.78 is 30.6. The molecule has 0 radical (unpaired) electrons. The molecule has 1 fully saturated rings. The Morgan fingerprint density at radius 2 is 1.69 bits per heavy atom. The maximum atomic E-state index is 13.2. The van der Waals surface area contributed by atoms with E-state index in [-0.39, 0.29) is 24.7 Å². The monoisotopic (exact) mass is 726 g/mol. The number of nitrogens with zero attached hydrogens (tertiary/aromatic N) is 1. The third kappa shape index (κ3) is 9.03. The van der Waals surface area contributed by atoms with Gasteiger partial charge in [0.2, 0.25) is 0 Å². The van der Waals surface area contributed by atoms with Crippen molar-refractivity contribution in [1.82, 2.24) is 9.88 Å². The third-order valence-electron chi connectivity index (χ3n) is 8.88. The standard InChI is InChI=1S/C40H43BrN2O6/c1-28-23-31-13-14-33(38(41)39(31)42-28)27-48-37-24-43(40(44)49-25-29-9-4-3-5-10-29)20-19-35(37)30-15-17-34(18-16-30)47-22-8-21-46-26-32-11-6-7-12-36(32)45-2/h3-7,9-18,23,35,37,42H,8,19-22,24-27H2,1-2H3. The minimum absolute atomic E-state index is 0.103. The highest BCUT2D eigenvalue weighted by atomic mass is 79.9. The van der Waals surface area contributed by atoms with Crippen molar-refractivity contribution in [3.63, 3.8) is 0 Å². The summed E-state index contributed by atoms with van der Waals surface area (Å²) in [5.74, 6) is 1.75. The van der Waals surface area contributed by atoms with Gasteiger partial charge in [0.05, 0.1) is 51.7 Å². The predicted molar refractivity (Wildman–Crippen MR) is 194 cm³/mol. The number of carbonyl (C=O) groups excluding carboxylic acids is 1. The molecular formula is C40H43BrN2O6. The van der Waals surface area contributed by atoms with Crippen molar-refractivity contribution < 1.29 is 28.5 Å². The van der Waals surface area contributed by atoms with Crippen molar-refractivity contribution in [2.45, 2.75) is 51.6 Å². The molecule has 256 valence electrons. The molecule has 0 spiro atoms. The van der Waals surface area contributed by atoms with Crippen LogP contribution in [0.15, 0.2) is 102 Å². The summed E-state index contributed by atoms with van der Waals surface area (Å²) in [6, 6.07) is 32.2. The number of ether oxygens (including phenoxy) is 5. The lowest BCUT2D eigenvalue weighted by atomic mass is 9.87. The molecule has 5 aromatic rings. The van der Waals surface area contributed by atoms with Gasteiger partial charge in [0.25, 0.3) is 0 Å². The topological polar surface area (TPSA) is 82.2 Å². The first-order valence-electron chi connectivity index (χ1n) is 16.7. The number of benzene rings is 4. The molecule has 1 aliphatic rings. The van der Waals surface area contributed by atoms with Gasteiger partial charge in [0, 0.05) is 40.0 Å². The van der Waals surface area contributed by atoms with Crippen LogP contribution < -0.4 is 9.47 Å². The van der Waals surface area contributed by atoms with Crippen LogP contribution >= 0.6 is 15.9 Å². The summed E-state index contributed by atoms with van der Waals surface area (Å²) in [6.45, 7) is 5.37. The number of carbonyl (C=O) groups is 1. The van der Waals surface area contributed by atoms with E-state index in [0.29, 0.717) is 39.5 Å². The lowest BCUT2D eigenvalue weighted by molar-refractivity contribution is -0.0247. The van der Waals surface area contributed by atoms with Crippen LogP contribution in [0.3, 0.4) is 0 Å². The number of aromatic nitrogens is 1. The summed E-state index contributed by atoms with van der Waals surface area (Å²) in [4.78, 5) is 18.4. The van der Waals surface area contributed by atoms with E-state index >= 15 is 0 Å². The van der Waals surface area contributed by atoms with E-state index in [1.165, 1.54) is 0 Å². The first kappa shape index (κ1) is 34.5. The van der Waals surface area contributed by atoms with Gasteiger partial charge in [0.1, 0.15) is 18.1 Å². The summed E-state index contributed by atoms with van der Waals surface area (Å²) >= 11 is 3.79. The number of amides is 1. The largest absolute Gasteiger partial charge is 0.496 e. The van der Waals surface area contributed by atoms with Gasteiger partial charge in [-0.15, -0.1) is 0 Å². The summed E-state index contributed by atoms with van der Waals surface area (Å²) in [5.41, 5.74) is 6.36. The van der Waals surface area contributed by atoms with E-state index in [1.807, 2.05) is 66.7 Å². The van der Waals surface area contributed by atoms with Gasteiger partial charge in [-0.2, -0.15) is 0 Å². The van der Waals surface area contributed by atoms with Crippen molar-refractivity contribution >= 4 is 32.9 Å². The molecule has 6 rings (SSSR count). The smallest absolute Gasteiger partial charge is 0.410 e. The Balaban J connectivity index is 1.06. The highest BCUT2D eigenvalue weighted by molar-refractivity contribution is 9.10. The van der Waals surface area contributed by atoms with Crippen molar-refractivity contribution in [1.29, 1.82) is 0 Å². The molecule has 9 heteroatoms. The van der Waals surface area contributed by atoms with Gasteiger partial charge in [-0.3, -0.25) is 0 Å². The highest BCUT2D eigenvalue weighted by Crippen LogP contribution is 2.34. The number of hydrogen-bond donors (Lipinski definition) is 1. The Morgan fingerprint density at radius 1 is 0.898 bits per heavy atom. The number of rotatable bonds is 14. The van der Waals surface area contributed by atoms with Crippen molar-refractivity contribution in [2.24, 2.45) is 0 Å². The lowest BCUT2D eigenvalue weighted by Crippen LogP contribution is -2.47. The highest BCUT2D eigenvalue weighted by Gasteiger charge is 2.34. The zero-order valence-corrected chi connectivity index (χ0v) is 29.6. The average Bonchev–Trinajstić information content (AvgIpc) is 3.53. The lowest BCUT2D eigenvalue weighted by Gasteiger charge is -2.38. The molecule has 0 aliphatic carbocycles. The molecule has 1 amide bonds. The number of halogens is 1. The predicted octanol–water partition coefficient (Wildman–Crippen LogP) is 8.94. The first-order chi connectivity index (χ1) is 24.0. The number of aryl methyl sites for hydroxylation is 1. The minimum Gasteiger partial charge on any atom is -0.496 e. The number of methoxy groups -OCH3 is 1. The van der Waals surface area contributed by atoms with Crippen LogP contribution in [0, 0.1) is 6.92 Å². The number of piperidine rings is 1. The van der Waals surface area contributed by atoms with E-state index < -0.39 is 0 Å². The van der Waals surface area contributed by atoms with Crippen molar-refractivity contribution in [3.05, 3.63) is 129 Å². The van der Waals surface area contributed by atoms with E-state index in [2.05, 4.69) is 58.2 Å². The van der Waals surface area contributed by atoms with Crippen LogP contribution in [-0.2, 0) is 34.0 Å². The second-order valence-corrected chi connectivity index (χ2v) is 13.1. The number of H-pyrrole nitrogens is 1. The second kappa shape index (κ2) is 16.9. The Morgan fingerprint density at radius 3 is 2.51 bits per heavy atom. The molecular weight excluding hydrogens is 684 g/mol. The summed E-state index contributed by atoms with van der Waals surface area (Å²) in [7, 11) is 1.67. The fourth-order valence-corrected chi connectivity index (χ4v) is 6.84. The quantitative estimate of drug-likeness (QED) is 0.115. The molecule has 0 bridgehead atoms. The van der Waals surface area contributed by atoms with Crippen LogP contribution in [-0.4, -0.2) is 55.5 Å². The average molecular weight is 728 g/mol. The van der Waals surface area contributed by atoms with Crippen LogP contribution in [0.4, 0.5) is 4.79 Å². The first-order valence-corrected chi connectivity index (χ1v) is 17.5. The molecule has 1 saturated heterocycles. The summed E-state index contributed by atoms with van der Waals surface area (Å²) in [5, 5.41) is 1.15. The van der Waals surface area contributed by atoms with Gasteiger partial charge in [0.15, 0.2) is 0 Å². The zero-order valence-electron chi connectivity index (χ0n) is 28.0. The molecule has 1 aliphatic heterocycles. The number of nitrogens with one attached hydrogen (secondary N) is 1. The maximum absolute atomic E-state index is 13.2. The Hall–Kier alpha value is -4.31. The minimum atomic E-state index is -0.323. The van der Waals surface area contributed by atoms with Crippen LogP contribution in [0.2, 0.25) is 0 Å². The van der Waals surface area contributed by atoms with Crippen LogP contribution in [0.1, 0.15) is 46.7 Å². The Labute approximate surface area is 296 Å². The molecule has 1 N–H and O–H groups in total. The fourth-order valence-electron chi connectivity index (χ4n) is 6.27. The molecule has 2 unspecified atom stereocenters. The number of likely N-dealkylation sites (tertiary alicyclic amines) is 1. The Kier molecular flexibility index (Phi) is 11.9. The molecule has 1 aromatic heterocycles. The molecule has 2 atom stereocenters. The normalized spacial score (nSPS) is 16.1. The number of hydrogen-bond acceptors (Lipinski definition) is 6. The third-order valence-corrected chi connectivity index (χ3v) is 9.79. The van der Waals surface area contributed by atoms with Gasteiger partial charge in [-0.05, 0) is 70.2 Å². The Bertz CT molecular complexity index is 1810. The SMILES string of the molecule is COc1ccccc1COCCCOc1ccc(C2CCN(C(=O)OCc3ccccc3)CC2OCc2ccc3cc(C)[nH]c3c2Br)cc1. The fraction of sp³-hybridized carbons (Fsp3) is 0.325. The van der Waals surface area contributed by atoms with E-state index in [1.54, 1.807) is 12.0 Å². The molecule has 4 aromatic carbocycles. The van der Waals surface area contributed by atoms with E-state index in [4.69, 9.17) is 23.7 Å². The van der Waals surface area contributed by atoms with Crippen LogP contribution in [0.5, 0.6) is 11.5 Å². The van der Waals surface area contributed by atoms with E-state index in [9.17, 15) is 4.79 Å². The van der Waals surface area contributed by atoms with Crippen LogP contribution in [0.25, 0.3) is 10.9 Å². The van der Waals surface area contributed by atoms with Crippen molar-refractivity contribution in [2.75, 3.05) is 33.4 Å². The van der Waals surface area contributed by atoms with Gasteiger partial charge in [-0.25, -0.2) is 4.79 Å². The summed E-state index contributed by atoms with van der Waals surface area (Å²) in [6.07, 6.45) is 0.981. The number of para-hydroxylation sites is 1. The maximum Gasteiger partial charge on any atom is 0.410 e. The number of aromatic amines is 1. The molecule has 0 saturated carbocycles. The molecule has 49 heavy (non-hydrogen) atoms. The second-order valence-electron chi connectivity index (χ2n) is 12.3. The molecule has 2 heterocycles. The van der Waals surface area contributed by atoms with Gasteiger partial charge >= 0.3 is 6.09 Å². The van der Waals surface area contributed by atoms with Crippen molar-refractivity contribution in [3.8, 4) is 11.5 Å². The molecule has 8 nitrogen and oxygen atoms in total. The number of fused-ring (bicyclic) bond motifs is 1.